The van der Waals surface area contributed by atoms with Crippen molar-refractivity contribution >= 4 is 28.6 Å². The van der Waals surface area contributed by atoms with Crippen molar-refractivity contribution in [2.75, 3.05) is 0 Å². The molecule has 0 saturated heterocycles. The monoisotopic (exact) mass is 366 g/mol. The van der Waals surface area contributed by atoms with E-state index in [0.717, 1.165) is 20.3 Å². The van der Waals surface area contributed by atoms with Gasteiger partial charge in [-0.2, -0.15) is 0 Å². The van der Waals surface area contributed by atoms with Crippen LogP contribution >= 0.6 is 22.6 Å². The zero-order valence-electron chi connectivity index (χ0n) is 10.9. The molecule has 98 valence electrons. The van der Waals surface area contributed by atoms with Gasteiger partial charge in [-0.15, -0.1) is 0 Å². The van der Waals surface area contributed by atoms with Gasteiger partial charge in [-0.1, -0.05) is 30.3 Å². The summed E-state index contributed by atoms with van der Waals surface area (Å²) >= 11 is 2.14. The van der Waals surface area contributed by atoms with Crippen molar-refractivity contribution in [3.05, 3.63) is 68.3 Å². The van der Waals surface area contributed by atoms with Crippen LogP contribution in [0.2, 0.25) is 0 Å². The Kier molecular flexibility index (Phi) is 4.58. The maximum Gasteiger partial charge on any atom is 0.339 e. The number of halogens is 1. The highest BCUT2D eigenvalue weighted by Crippen LogP contribution is 2.17. The number of aryl methyl sites for hydroxylation is 2. The molecular formula is C16H15IO2. The van der Waals surface area contributed by atoms with Crippen LogP contribution in [0.1, 0.15) is 27.0 Å². The summed E-state index contributed by atoms with van der Waals surface area (Å²) in [5, 5.41) is 0. The van der Waals surface area contributed by atoms with Gasteiger partial charge in [0, 0.05) is 3.57 Å². The standard InChI is InChI=1S/C16H15IO2/c1-11-6-5-7-12(2)14(11)10-19-16(18)13-8-3-4-9-15(13)17/h3-9H,10H2,1-2H3. The number of esters is 1. The average Bonchev–Trinajstić information content (AvgIpc) is 2.38. The first kappa shape index (κ1) is 14.1. The van der Waals surface area contributed by atoms with Crippen LogP contribution in [-0.4, -0.2) is 5.97 Å². The predicted octanol–water partition coefficient (Wildman–Crippen LogP) is 4.27. The second-order valence-electron chi connectivity index (χ2n) is 4.43. The highest BCUT2D eigenvalue weighted by atomic mass is 127. The largest absolute Gasteiger partial charge is 0.457 e. The van der Waals surface area contributed by atoms with E-state index < -0.39 is 0 Å². The van der Waals surface area contributed by atoms with Gasteiger partial charge in [-0.25, -0.2) is 4.79 Å². The third-order valence-corrected chi connectivity index (χ3v) is 4.03. The molecule has 2 aromatic carbocycles. The zero-order chi connectivity index (χ0) is 13.8. The van der Waals surface area contributed by atoms with Crippen LogP contribution in [0, 0.1) is 17.4 Å². The quantitative estimate of drug-likeness (QED) is 0.599. The summed E-state index contributed by atoms with van der Waals surface area (Å²) in [6.07, 6.45) is 0. The summed E-state index contributed by atoms with van der Waals surface area (Å²) in [6.45, 7) is 4.38. The molecule has 0 aliphatic heterocycles. The van der Waals surface area contributed by atoms with E-state index in [1.165, 1.54) is 0 Å². The van der Waals surface area contributed by atoms with Crippen LogP contribution in [0.15, 0.2) is 42.5 Å². The third-order valence-electron chi connectivity index (χ3n) is 3.09. The lowest BCUT2D eigenvalue weighted by Crippen LogP contribution is -2.08. The summed E-state index contributed by atoms with van der Waals surface area (Å²) in [5.74, 6) is -0.271. The zero-order valence-corrected chi connectivity index (χ0v) is 13.1. The van der Waals surface area contributed by atoms with Crippen molar-refractivity contribution in [1.29, 1.82) is 0 Å². The highest BCUT2D eigenvalue weighted by Gasteiger charge is 2.12. The fourth-order valence-electron chi connectivity index (χ4n) is 1.92. The first-order valence-electron chi connectivity index (χ1n) is 6.06. The molecule has 0 radical (unpaired) electrons. The topological polar surface area (TPSA) is 26.3 Å². The van der Waals surface area contributed by atoms with Gasteiger partial charge in [-0.3, -0.25) is 0 Å². The number of hydrogen-bond acceptors (Lipinski definition) is 2. The molecule has 0 spiro atoms. The number of benzene rings is 2. The van der Waals surface area contributed by atoms with Crippen molar-refractivity contribution in [1.82, 2.24) is 0 Å². The maximum absolute atomic E-state index is 12.0. The van der Waals surface area contributed by atoms with Crippen molar-refractivity contribution in [3.8, 4) is 0 Å². The molecule has 0 saturated carbocycles. The molecule has 0 aliphatic carbocycles. The molecule has 3 heteroatoms. The first-order chi connectivity index (χ1) is 9.09. The molecular weight excluding hydrogens is 351 g/mol. The molecule has 0 aliphatic rings. The van der Waals surface area contributed by atoms with Crippen molar-refractivity contribution in [2.24, 2.45) is 0 Å². The molecule has 19 heavy (non-hydrogen) atoms. The molecule has 0 heterocycles. The van der Waals surface area contributed by atoms with E-state index >= 15 is 0 Å². The van der Waals surface area contributed by atoms with Gasteiger partial charge in [0.05, 0.1) is 5.56 Å². The van der Waals surface area contributed by atoms with E-state index in [-0.39, 0.29) is 5.97 Å². The normalized spacial score (nSPS) is 10.3. The number of hydrogen-bond donors (Lipinski definition) is 0. The van der Waals surface area contributed by atoms with E-state index in [1.54, 1.807) is 6.07 Å². The minimum atomic E-state index is -0.271. The average molecular weight is 366 g/mol. The van der Waals surface area contributed by atoms with E-state index in [9.17, 15) is 4.79 Å². The Morgan fingerprint density at radius 1 is 1.05 bits per heavy atom. The number of ether oxygens (including phenoxy) is 1. The Labute approximate surface area is 126 Å². The molecule has 0 N–H and O–H groups in total. The van der Waals surface area contributed by atoms with E-state index in [4.69, 9.17) is 4.74 Å². The predicted molar refractivity (Wildman–Crippen MR) is 84.2 cm³/mol. The molecule has 0 bridgehead atoms. The number of carbonyl (C=O) groups excluding carboxylic acids is 1. The van der Waals surface area contributed by atoms with Gasteiger partial charge < -0.3 is 4.74 Å². The lowest BCUT2D eigenvalue weighted by molar-refractivity contribution is 0.0470. The van der Waals surface area contributed by atoms with Gasteiger partial charge in [-0.05, 0) is 65.3 Å². The van der Waals surface area contributed by atoms with Crippen LogP contribution in [0.3, 0.4) is 0 Å². The fourth-order valence-corrected chi connectivity index (χ4v) is 2.53. The lowest BCUT2D eigenvalue weighted by Gasteiger charge is -2.11. The van der Waals surface area contributed by atoms with Gasteiger partial charge >= 0.3 is 5.97 Å². The Balaban J connectivity index is 2.11. The van der Waals surface area contributed by atoms with Gasteiger partial charge in [0.15, 0.2) is 0 Å². The Morgan fingerprint density at radius 3 is 2.32 bits per heavy atom. The summed E-state index contributed by atoms with van der Waals surface area (Å²) in [6, 6.07) is 13.5. The maximum atomic E-state index is 12.0. The number of rotatable bonds is 3. The van der Waals surface area contributed by atoms with E-state index in [0.29, 0.717) is 12.2 Å². The van der Waals surface area contributed by atoms with Crippen molar-refractivity contribution < 1.29 is 9.53 Å². The van der Waals surface area contributed by atoms with Crippen LogP contribution < -0.4 is 0 Å². The van der Waals surface area contributed by atoms with E-state index in [2.05, 4.69) is 22.6 Å². The lowest BCUT2D eigenvalue weighted by atomic mass is 10.0. The molecule has 2 rings (SSSR count). The van der Waals surface area contributed by atoms with Crippen LogP contribution in [-0.2, 0) is 11.3 Å². The molecule has 0 aromatic heterocycles. The van der Waals surface area contributed by atoms with Crippen molar-refractivity contribution in [2.45, 2.75) is 20.5 Å². The molecule has 2 aromatic rings. The minimum absolute atomic E-state index is 0.271. The SMILES string of the molecule is Cc1cccc(C)c1COC(=O)c1ccccc1I. The molecule has 0 unspecified atom stereocenters. The third kappa shape index (κ3) is 3.35. The van der Waals surface area contributed by atoms with E-state index in [1.807, 2.05) is 50.2 Å². The van der Waals surface area contributed by atoms with Gasteiger partial charge in [0.25, 0.3) is 0 Å². The summed E-state index contributed by atoms with van der Waals surface area (Å²) in [4.78, 5) is 12.0. The van der Waals surface area contributed by atoms with Gasteiger partial charge in [0.1, 0.15) is 6.61 Å². The first-order valence-corrected chi connectivity index (χ1v) is 7.14. The van der Waals surface area contributed by atoms with Crippen molar-refractivity contribution in [3.63, 3.8) is 0 Å². The van der Waals surface area contributed by atoms with Crippen LogP contribution in [0.4, 0.5) is 0 Å². The highest BCUT2D eigenvalue weighted by molar-refractivity contribution is 14.1. The summed E-state index contributed by atoms with van der Waals surface area (Å²) < 4.78 is 6.32. The fraction of sp³-hybridized carbons (Fsp3) is 0.188. The second kappa shape index (κ2) is 6.19. The van der Waals surface area contributed by atoms with Crippen LogP contribution in [0.5, 0.6) is 0 Å². The van der Waals surface area contributed by atoms with Gasteiger partial charge in [0.2, 0.25) is 0 Å². The molecule has 2 nitrogen and oxygen atoms in total. The Bertz CT molecular complexity index is 585. The second-order valence-corrected chi connectivity index (χ2v) is 5.59. The molecule has 0 fully saturated rings. The minimum Gasteiger partial charge on any atom is -0.457 e. The summed E-state index contributed by atoms with van der Waals surface area (Å²) in [5.41, 5.74) is 4.00. The Hall–Kier alpha value is -1.36. The smallest absolute Gasteiger partial charge is 0.339 e. The Morgan fingerprint density at radius 2 is 1.68 bits per heavy atom. The summed E-state index contributed by atoms with van der Waals surface area (Å²) in [7, 11) is 0. The molecule has 0 atom stereocenters. The number of carbonyl (C=O) groups is 1. The molecule has 0 amide bonds. The van der Waals surface area contributed by atoms with Crippen LogP contribution in [0.25, 0.3) is 0 Å².